The Morgan fingerprint density at radius 3 is 2.36 bits per heavy atom. The Morgan fingerprint density at radius 1 is 1.16 bits per heavy atom. The highest BCUT2D eigenvalue weighted by molar-refractivity contribution is 6.30. The van der Waals surface area contributed by atoms with E-state index in [9.17, 15) is 19.7 Å². The lowest BCUT2D eigenvalue weighted by Crippen LogP contribution is -2.21. The minimum atomic E-state index is -0.833. The average Bonchev–Trinajstić information content (AvgIpc) is 2.56. The Hall–Kier alpha value is -2.93. The number of ether oxygens (including phenoxy) is 2. The molecule has 1 atom stereocenters. The number of esters is 1. The lowest BCUT2D eigenvalue weighted by atomic mass is 10.2. The molecule has 7 nitrogen and oxygen atoms in total. The predicted octanol–water partition coefficient (Wildman–Crippen LogP) is 4.17. The van der Waals surface area contributed by atoms with Crippen LogP contribution in [0.15, 0.2) is 42.5 Å². The summed E-state index contributed by atoms with van der Waals surface area (Å²) in [5.74, 6) is -0.591. The molecule has 2 aromatic carbocycles. The first-order valence-electron chi connectivity index (χ1n) is 7.21. The number of rotatable bonds is 6. The second kappa shape index (κ2) is 7.76. The van der Waals surface area contributed by atoms with Crippen molar-refractivity contribution in [3.8, 4) is 11.5 Å². The van der Waals surface area contributed by atoms with E-state index in [2.05, 4.69) is 0 Å². The van der Waals surface area contributed by atoms with E-state index in [4.69, 9.17) is 21.1 Å². The molecular formula is C17H14ClNO6. The third-order valence-electron chi connectivity index (χ3n) is 3.29. The fourth-order valence-electron chi connectivity index (χ4n) is 1.82. The summed E-state index contributed by atoms with van der Waals surface area (Å²) in [5.41, 5.74) is -0.0441. The van der Waals surface area contributed by atoms with Crippen LogP contribution in [0.3, 0.4) is 0 Å². The van der Waals surface area contributed by atoms with Crippen molar-refractivity contribution >= 4 is 29.0 Å². The quantitative estimate of drug-likeness (QED) is 0.434. The van der Waals surface area contributed by atoms with Gasteiger partial charge >= 0.3 is 11.7 Å². The van der Waals surface area contributed by atoms with Crippen LogP contribution in [0, 0.1) is 10.1 Å². The first-order valence-corrected chi connectivity index (χ1v) is 7.59. The van der Waals surface area contributed by atoms with E-state index >= 15 is 0 Å². The molecule has 0 aliphatic heterocycles. The van der Waals surface area contributed by atoms with E-state index in [1.165, 1.54) is 56.3 Å². The number of ketones is 1. The highest BCUT2D eigenvalue weighted by atomic mass is 35.5. The van der Waals surface area contributed by atoms with Crippen molar-refractivity contribution in [1.82, 2.24) is 0 Å². The van der Waals surface area contributed by atoms with Crippen molar-refractivity contribution in [1.29, 1.82) is 0 Å². The van der Waals surface area contributed by atoms with E-state index in [1.807, 2.05) is 0 Å². The molecular weight excluding hydrogens is 350 g/mol. The smallest absolute Gasteiger partial charge is 0.338 e. The molecule has 130 valence electrons. The molecule has 0 fully saturated rings. The summed E-state index contributed by atoms with van der Waals surface area (Å²) in [6, 6.07) is 9.85. The van der Waals surface area contributed by atoms with E-state index in [1.54, 1.807) is 0 Å². The normalized spacial score (nSPS) is 11.5. The molecule has 2 rings (SSSR count). The fraction of sp³-hybridized carbons (Fsp3) is 0.176. The van der Waals surface area contributed by atoms with Gasteiger partial charge in [-0.05, 0) is 50.2 Å². The van der Waals surface area contributed by atoms with Gasteiger partial charge in [0.25, 0.3) is 0 Å². The van der Waals surface area contributed by atoms with Crippen molar-refractivity contribution in [2.45, 2.75) is 20.0 Å². The summed E-state index contributed by atoms with van der Waals surface area (Å²) in [6.07, 6.45) is -0.833. The van der Waals surface area contributed by atoms with Gasteiger partial charge in [0.05, 0.1) is 10.5 Å². The number of carbonyl (C=O) groups is 2. The molecule has 0 N–H and O–H groups in total. The lowest BCUT2D eigenvalue weighted by molar-refractivity contribution is -0.385. The number of halogens is 1. The highest BCUT2D eigenvalue weighted by Crippen LogP contribution is 2.33. The number of nitro benzene ring substituents is 1. The molecule has 0 amide bonds. The zero-order valence-corrected chi connectivity index (χ0v) is 14.1. The number of nitro groups is 1. The van der Waals surface area contributed by atoms with Gasteiger partial charge in [0.15, 0.2) is 11.9 Å². The Bertz CT molecular complexity index is 818. The van der Waals surface area contributed by atoms with E-state index in [-0.39, 0.29) is 27.8 Å². The predicted molar refractivity (Wildman–Crippen MR) is 90.2 cm³/mol. The molecule has 0 bridgehead atoms. The first-order chi connectivity index (χ1) is 11.8. The van der Waals surface area contributed by atoms with Crippen molar-refractivity contribution in [3.63, 3.8) is 0 Å². The molecule has 0 saturated carbocycles. The molecule has 0 aliphatic carbocycles. The molecule has 0 aliphatic rings. The third kappa shape index (κ3) is 4.77. The van der Waals surface area contributed by atoms with E-state index in [0.717, 1.165) is 0 Å². The maximum Gasteiger partial charge on any atom is 0.338 e. The molecule has 0 unspecified atom stereocenters. The number of nitrogens with zero attached hydrogens (tertiary/aromatic N) is 1. The molecule has 2 aromatic rings. The summed E-state index contributed by atoms with van der Waals surface area (Å²) < 4.78 is 10.5. The van der Waals surface area contributed by atoms with Crippen LogP contribution in [0.2, 0.25) is 5.02 Å². The summed E-state index contributed by atoms with van der Waals surface area (Å²) in [6.45, 7) is 2.81. The monoisotopic (exact) mass is 363 g/mol. The van der Waals surface area contributed by atoms with Crippen LogP contribution in [0.25, 0.3) is 0 Å². The molecule has 0 radical (unpaired) electrons. The van der Waals surface area contributed by atoms with Gasteiger partial charge in [-0.15, -0.1) is 0 Å². The topological polar surface area (TPSA) is 95.7 Å². The fourth-order valence-corrected chi connectivity index (χ4v) is 1.98. The average molecular weight is 364 g/mol. The van der Waals surface area contributed by atoms with Crippen LogP contribution in [-0.4, -0.2) is 22.8 Å². The summed E-state index contributed by atoms with van der Waals surface area (Å²) >= 11 is 5.75. The Labute approximate surface area is 148 Å². The SMILES string of the molecule is CC(=O)[C@H](C)OC(=O)c1ccc(Oc2ccc(Cl)cc2[N+](=O)[O-])cc1. The van der Waals surface area contributed by atoms with Crippen molar-refractivity contribution in [2.24, 2.45) is 0 Å². The van der Waals surface area contributed by atoms with Crippen molar-refractivity contribution in [2.75, 3.05) is 0 Å². The van der Waals surface area contributed by atoms with Crippen LogP contribution < -0.4 is 4.74 Å². The second-order valence-corrected chi connectivity index (χ2v) is 5.59. The third-order valence-corrected chi connectivity index (χ3v) is 3.53. The zero-order valence-electron chi connectivity index (χ0n) is 13.4. The minimum Gasteiger partial charge on any atom is -0.451 e. The van der Waals surface area contributed by atoms with Gasteiger partial charge in [0, 0.05) is 11.1 Å². The van der Waals surface area contributed by atoms with Crippen LogP contribution in [0.1, 0.15) is 24.2 Å². The van der Waals surface area contributed by atoms with Crippen LogP contribution in [0.5, 0.6) is 11.5 Å². The highest BCUT2D eigenvalue weighted by Gasteiger charge is 2.18. The summed E-state index contributed by atoms with van der Waals surface area (Å²) in [5, 5.41) is 11.3. The Balaban J connectivity index is 2.15. The zero-order chi connectivity index (χ0) is 18.6. The van der Waals surface area contributed by atoms with Gasteiger partial charge in [-0.2, -0.15) is 0 Å². The van der Waals surface area contributed by atoms with Crippen LogP contribution >= 0.6 is 11.6 Å². The van der Waals surface area contributed by atoms with Crippen molar-refractivity contribution < 1.29 is 24.0 Å². The summed E-state index contributed by atoms with van der Waals surface area (Å²) in [7, 11) is 0. The van der Waals surface area contributed by atoms with Gasteiger partial charge in [0.2, 0.25) is 5.75 Å². The van der Waals surface area contributed by atoms with Gasteiger partial charge < -0.3 is 9.47 Å². The van der Waals surface area contributed by atoms with Crippen LogP contribution in [-0.2, 0) is 9.53 Å². The van der Waals surface area contributed by atoms with E-state index < -0.39 is 17.0 Å². The molecule has 8 heteroatoms. The van der Waals surface area contributed by atoms with Gasteiger partial charge in [-0.3, -0.25) is 14.9 Å². The van der Waals surface area contributed by atoms with Gasteiger partial charge in [-0.25, -0.2) is 4.79 Å². The first kappa shape index (κ1) is 18.4. The Kier molecular flexibility index (Phi) is 5.71. The summed E-state index contributed by atoms with van der Waals surface area (Å²) in [4.78, 5) is 33.5. The van der Waals surface area contributed by atoms with Crippen molar-refractivity contribution in [3.05, 3.63) is 63.2 Å². The van der Waals surface area contributed by atoms with Crippen LogP contribution in [0.4, 0.5) is 5.69 Å². The molecule has 0 spiro atoms. The second-order valence-electron chi connectivity index (χ2n) is 5.15. The largest absolute Gasteiger partial charge is 0.451 e. The Morgan fingerprint density at radius 2 is 1.80 bits per heavy atom. The number of hydrogen-bond donors (Lipinski definition) is 0. The van der Waals surface area contributed by atoms with Gasteiger partial charge in [-0.1, -0.05) is 11.6 Å². The molecule has 25 heavy (non-hydrogen) atoms. The number of Topliss-reactive ketones (excluding diaryl/α,β-unsaturated/α-hetero) is 1. The molecule has 0 aromatic heterocycles. The standard InChI is InChI=1S/C17H14ClNO6/c1-10(20)11(2)24-17(21)12-3-6-14(7-4-12)25-16-8-5-13(18)9-15(16)19(22)23/h3-9,11H,1-2H3/t11-/m0/s1. The van der Waals surface area contributed by atoms with E-state index in [0.29, 0.717) is 5.75 Å². The molecule has 0 heterocycles. The number of benzene rings is 2. The maximum absolute atomic E-state index is 11.9. The maximum atomic E-state index is 11.9. The number of carbonyl (C=O) groups excluding carboxylic acids is 2. The molecule has 0 saturated heterocycles. The minimum absolute atomic E-state index is 0.0231. The number of hydrogen-bond acceptors (Lipinski definition) is 6. The van der Waals surface area contributed by atoms with Gasteiger partial charge in [0.1, 0.15) is 5.75 Å². The lowest BCUT2D eigenvalue weighted by Gasteiger charge is -2.10.